The van der Waals surface area contributed by atoms with Gasteiger partial charge in [-0.1, -0.05) is 48.5 Å². The number of carbonyl (C=O) groups excluding carboxylic acids is 2. The fourth-order valence-corrected chi connectivity index (χ4v) is 2.72. The molecule has 0 aliphatic rings. The van der Waals surface area contributed by atoms with Crippen molar-refractivity contribution in [3.05, 3.63) is 105 Å². The van der Waals surface area contributed by atoms with E-state index in [0.29, 0.717) is 11.1 Å². The van der Waals surface area contributed by atoms with Crippen LogP contribution in [0.3, 0.4) is 0 Å². The molecule has 3 rings (SSSR count). The van der Waals surface area contributed by atoms with Crippen LogP contribution in [0.1, 0.15) is 21.5 Å². The Labute approximate surface area is 187 Å². The molecule has 3 aromatic carbocycles. The lowest BCUT2D eigenvalue weighted by molar-refractivity contribution is -0.385. The van der Waals surface area contributed by atoms with Gasteiger partial charge in [-0.2, -0.15) is 5.10 Å². The number of rotatable bonds is 7. The lowest BCUT2D eigenvalue weighted by Crippen LogP contribution is -2.32. The Hall–Kier alpha value is -4.99. The Kier molecular flexibility index (Phi) is 7.12. The van der Waals surface area contributed by atoms with Gasteiger partial charge in [0.25, 0.3) is 17.5 Å². The minimum Gasteiger partial charge on any atom is -0.504 e. The summed E-state index contributed by atoms with van der Waals surface area (Å²) in [6.45, 7) is 0. The standard InChI is InChI=1S/C23H18N4O6/c28-20-12-17(19(27(32)33)13-21(20)29)14-24-26-23(31)18(11-15-7-3-1-4-8-15)25-22(30)16-9-5-2-6-10-16/h1-14,28-29H,(H,25,30)(H,26,31)/b18-11?,24-14+. The molecule has 33 heavy (non-hydrogen) atoms. The summed E-state index contributed by atoms with van der Waals surface area (Å²) in [5.41, 5.74) is 2.37. The Morgan fingerprint density at radius 1 is 0.939 bits per heavy atom. The molecule has 0 aliphatic carbocycles. The van der Waals surface area contributed by atoms with Crippen molar-refractivity contribution in [3.63, 3.8) is 0 Å². The van der Waals surface area contributed by atoms with Crippen LogP contribution in [0.4, 0.5) is 5.69 Å². The van der Waals surface area contributed by atoms with Crippen molar-refractivity contribution in [2.75, 3.05) is 0 Å². The summed E-state index contributed by atoms with van der Waals surface area (Å²) in [6, 6.07) is 18.7. The molecular weight excluding hydrogens is 428 g/mol. The summed E-state index contributed by atoms with van der Waals surface area (Å²) in [5.74, 6) is -2.56. The molecular formula is C23H18N4O6. The summed E-state index contributed by atoms with van der Waals surface area (Å²) in [4.78, 5) is 35.6. The van der Waals surface area contributed by atoms with Crippen molar-refractivity contribution in [1.29, 1.82) is 0 Å². The van der Waals surface area contributed by atoms with Gasteiger partial charge in [-0.3, -0.25) is 19.7 Å². The summed E-state index contributed by atoms with van der Waals surface area (Å²) < 4.78 is 0. The maximum absolute atomic E-state index is 12.7. The molecule has 0 radical (unpaired) electrons. The van der Waals surface area contributed by atoms with Crippen LogP contribution in [0.15, 0.2) is 83.6 Å². The van der Waals surface area contributed by atoms with Crippen LogP contribution >= 0.6 is 0 Å². The highest BCUT2D eigenvalue weighted by molar-refractivity contribution is 6.05. The second kappa shape index (κ2) is 10.4. The van der Waals surface area contributed by atoms with E-state index >= 15 is 0 Å². The topological polar surface area (TPSA) is 154 Å². The average molecular weight is 446 g/mol. The second-order valence-corrected chi connectivity index (χ2v) is 6.64. The third-order valence-corrected chi connectivity index (χ3v) is 4.33. The number of benzene rings is 3. The molecule has 0 saturated carbocycles. The third kappa shape index (κ3) is 6.01. The van der Waals surface area contributed by atoms with Gasteiger partial charge in [-0.05, 0) is 29.8 Å². The van der Waals surface area contributed by atoms with Crippen molar-refractivity contribution in [2.45, 2.75) is 0 Å². The van der Waals surface area contributed by atoms with Crippen molar-refractivity contribution in [1.82, 2.24) is 10.7 Å². The van der Waals surface area contributed by atoms with E-state index in [0.717, 1.165) is 18.3 Å². The molecule has 166 valence electrons. The molecule has 0 aromatic heterocycles. The number of hydrogen-bond donors (Lipinski definition) is 4. The quantitative estimate of drug-likeness (QED) is 0.144. The maximum atomic E-state index is 12.7. The number of amides is 2. The van der Waals surface area contributed by atoms with E-state index in [4.69, 9.17) is 0 Å². The molecule has 0 heterocycles. The second-order valence-electron chi connectivity index (χ2n) is 6.64. The number of nitro benzene ring substituents is 1. The van der Waals surface area contributed by atoms with Gasteiger partial charge in [0, 0.05) is 5.56 Å². The first-order valence-electron chi connectivity index (χ1n) is 9.52. The molecule has 10 heteroatoms. The van der Waals surface area contributed by atoms with Gasteiger partial charge in [-0.15, -0.1) is 0 Å². The minimum atomic E-state index is -0.787. The number of nitro groups is 1. The van der Waals surface area contributed by atoms with Crippen molar-refractivity contribution >= 4 is 29.8 Å². The Morgan fingerprint density at radius 3 is 2.18 bits per heavy atom. The number of phenols is 2. The highest BCUT2D eigenvalue weighted by Gasteiger charge is 2.17. The maximum Gasteiger partial charge on any atom is 0.287 e. The third-order valence-electron chi connectivity index (χ3n) is 4.33. The first-order chi connectivity index (χ1) is 15.8. The smallest absolute Gasteiger partial charge is 0.287 e. The predicted molar refractivity (Wildman–Crippen MR) is 120 cm³/mol. The molecule has 0 saturated heterocycles. The van der Waals surface area contributed by atoms with Crippen LogP contribution in [0.25, 0.3) is 6.08 Å². The molecule has 0 fully saturated rings. The number of aromatic hydroxyl groups is 2. The van der Waals surface area contributed by atoms with E-state index in [1.807, 2.05) is 0 Å². The monoisotopic (exact) mass is 446 g/mol. The van der Waals surface area contributed by atoms with Crippen molar-refractivity contribution < 1.29 is 24.7 Å². The van der Waals surface area contributed by atoms with Gasteiger partial charge >= 0.3 is 0 Å². The van der Waals surface area contributed by atoms with E-state index in [1.165, 1.54) is 6.08 Å². The van der Waals surface area contributed by atoms with E-state index in [2.05, 4.69) is 15.8 Å². The van der Waals surface area contributed by atoms with Gasteiger partial charge in [0.15, 0.2) is 11.5 Å². The van der Waals surface area contributed by atoms with Gasteiger partial charge in [0.2, 0.25) is 0 Å². The van der Waals surface area contributed by atoms with Crippen LogP contribution in [0.2, 0.25) is 0 Å². The van der Waals surface area contributed by atoms with E-state index in [1.54, 1.807) is 60.7 Å². The summed E-state index contributed by atoms with van der Waals surface area (Å²) in [7, 11) is 0. The minimum absolute atomic E-state index is 0.116. The number of hydrazone groups is 1. The molecule has 4 N–H and O–H groups in total. The molecule has 10 nitrogen and oxygen atoms in total. The zero-order chi connectivity index (χ0) is 23.8. The normalized spacial score (nSPS) is 11.2. The Morgan fingerprint density at radius 2 is 1.55 bits per heavy atom. The molecule has 0 unspecified atom stereocenters. The van der Waals surface area contributed by atoms with Crippen LogP contribution in [-0.2, 0) is 4.79 Å². The van der Waals surface area contributed by atoms with Crippen molar-refractivity contribution in [2.24, 2.45) is 5.10 Å². The number of carbonyl (C=O) groups is 2. The Bertz CT molecular complexity index is 1240. The average Bonchev–Trinajstić information content (AvgIpc) is 2.81. The highest BCUT2D eigenvalue weighted by atomic mass is 16.6. The molecule has 3 aromatic rings. The first-order valence-corrected chi connectivity index (χ1v) is 9.52. The summed E-state index contributed by atoms with van der Waals surface area (Å²) in [6.07, 6.45) is 2.38. The predicted octanol–water partition coefficient (Wildman–Crippen LogP) is 2.93. The summed E-state index contributed by atoms with van der Waals surface area (Å²) >= 11 is 0. The molecule has 0 atom stereocenters. The van der Waals surface area contributed by atoms with Gasteiger partial charge in [0.05, 0.1) is 22.8 Å². The SMILES string of the molecule is O=C(N/N=C/c1cc(O)c(O)cc1[N+](=O)[O-])C(=Cc1ccccc1)NC(=O)c1ccccc1. The fraction of sp³-hybridized carbons (Fsp3) is 0. The zero-order valence-corrected chi connectivity index (χ0v) is 17.0. The molecule has 0 aliphatic heterocycles. The Balaban J connectivity index is 1.84. The number of nitrogens with one attached hydrogen (secondary N) is 2. The van der Waals surface area contributed by atoms with Crippen LogP contribution < -0.4 is 10.7 Å². The fourth-order valence-electron chi connectivity index (χ4n) is 2.72. The van der Waals surface area contributed by atoms with Crippen LogP contribution in [0, 0.1) is 10.1 Å². The zero-order valence-electron chi connectivity index (χ0n) is 17.0. The van der Waals surface area contributed by atoms with Crippen LogP contribution in [-0.4, -0.2) is 33.2 Å². The van der Waals surface area contributed by atoms with Gasteiger partial charge in [-0.25, -0.2) is 5.43 Å². The molecule has 0 spiro atoms. The summed E-state index contributed by atoms with van der Waals surface area (Å²) in [5, 5.41) is 36.4. The van der Waals surface area contributed by atoms with Gasteiger partial charge < -0.3 is 15.5 Å². The van der Waals surface area contributed by atoms with Gasteiger partial charge in [0.1, 0.15) is 5.70 Å². The number of phenolic OH excluding ortho intramolecular Hbond substituents is 2. The van der Waals surface area contributed by atoms with E-state index < -0.39 is 33.9 Å². The lowest BCUT2D eigenvalue weighted by Gasteiger charge is -2.09. The number of hydrogen-bond acceptors (Lipinski definition) is 7. The van der Waals surface area contributed by atoms with Crippen molar-refractivity contribution in [3.8, 4) is 11.5 Å². The van der Waals surface area contributed by atoms with E-state index in [9.17, 15) is 29.9 Å². The largest absolute Gasteiger partial charge is 0.504 e. The van der Waals surface area contributed by atoms with Crippen LogP contribution in [0.5, 0.6) is 11.5 Å². The highest BCUT2D eigenvalue weighted by Crippen LogP contribution is 2.31. The number of nitrogens with zero attached hydrogens (tertiary/aromatic N) is 2. The van der Waals surface area contributed by atoms with E-state index in [-0.39, 0.29) is 11.3 Å². The molecule has 0 bridgehead atoms. The lowest BCUT2D eigenvalue weighted by atomic mass is 10.1. The first kappa shape index (κ1) is 22.7. The molecule has 2 amide bonds.